The van der Waals surface area contributed by atoms with Crippen LogP contribution in [0.2, 0.25) is 15.1 Å². The van der Waals surface area contributed by atoms with Gasteiger partial charge in [-0.05, 0) is 36.4 Å². The largest absolute Gasteiger partial charge is 0.495 e. The van der Waals surface area contributed by atoms with Crippen molar-refractivity contribution in [2.24, 2.45) is 5.73 Å². The highest BCUT2D eigenvalue weighted by molar-refractivity contribution is 6.34. The van der Waals surface area contributed by atoms with E-state index in [1.54, 1.807) is 43.5 Å². The van der Waals surface area contributed by atoms with Gasteiger partial charge >= 0.3 is 0 Å². The Balaban J connectivity index is 2.48. The van der Waals surface area contributed by atoms with E-state index >= 15 is 0 Å². The molecule has 0 aliphatic carbocycles. The van der Waals surface area contributed by atoms with Crippen molar-refractivity contribution in [2.45, 2.75) is 0 Å². The zero-order valence-electron chi connectivity index (χ0n) is 15.8. The fourth-order valence-electron chi connectivity index (χ4n) is 2.37. The molecule has 152 valence electrons. The minimum atomic E-state index is -0.459. The summed E-state index contributed by atoms with van der Waals surface area (Å²) in [6, 6.07) is 9.61. The predicted octanol–water partition coefficient (Wildman–Crippen LogP) is 5.61. The zero-order valence-corrected chi connectivity index (χ0v) is 18.1. The van der Waals surface area contributed by atoms with Gasteiger partial charge in [-0.15, -0.1) is 0 Å². The molecule has 0 aliphatic heterocycles. The lowest BCUT2D eigenvalue weighted by molar-refractivity contribution is -0.114. The lowest BCUT2D eigenvalue weighted by Gasteiger charge is -2.21. The topological polar surface area (TPSA) is 64.8 Å². The van der Waals surface area contributed by atoms with Gasteiger partial charge in [0.1, 0.15) is 11.5 Å². The number of carbonyl (C=O) groups is 1. The lowest BCUT2D eigenvalue weighted by Crippen LogP contribution is -2.30. The Morgan fingerprint density at radius 2 is 1.76 bits per heavy atom. The monoisotopic (exact) mass is 452 g/mol. The van der Waals surface area contributed by atoms with Crippen molar-refractivity contribution in [1.82, 2.24) is 0 Å². The van der Waals surface area contributed by atoms with Gasteiger partial charge < -0.3 is 20.1 Å². The Labute approximate surface area is 184 Å². The minimum Gasteiger partial charge on any atom is -0.495 e. The molecule has 0 radical (unpaired) electrons. The first-order valence-electron chi connectivity index (χ1n) is 8.31. The Morgan fingerprint density at radius 1 is 1.10 bits per heavy atom. The van der Waals surface area contributed by atoms with Crippen LogP contribution in [0.1, 0.15) is 0 Å². The molecular formula is C21H19Cl3N2O3. The van der Waals surface area contributed by atoms with Crippen LogP contribution < -0.4 is 20.1 Å². The predicted molar refractivity (Wildman–Crippen MR) is 119 cm³/mol. The molecule has 29 heavy (non-hydrogen) atoms. The number of rotatable bonds is 7. The van der Waals surface area contributed by atoms with Crippen LogP contribution in [-0.2, 0) is 4.79 Å². The molecule has 8 heteroatoms. The number of methoxy groups -OCH3 is 1. The number of allylic oxidation sites excluding steroid dienone is 2. The molecule has 2 aromatic carbocycles. The van der Waals surface area contributed by atoms with Crippen LogP contribution in [0.5, 0.6) is 11.5 Å². The summed E-state index contributed by atoms with van der Waals surface area (Å²) in [6.45, 7) is 3.61. The summed E-state index contributed by atoms with van der Waals surface area (Å²) in [7, 11) is 3.07. The van der Waals surface area contributed by atoms with E-state index in [0.717, 1.165) is 0 Å². The van der Waals surface area contributed by atoms with Gasteiger partial charge in [0.25, 0.3) is 5.91 Å². The zero-order chi connectivity index (χ0) is 21.6. The van der Waals surface area contributed by atoms with Crippen molar-refractivity contribution in [3.63, 3.8) is 0 Å². The molecule has 0 heterocycles. The smallest absolute Gasteiger partial charge is 0.263 e. The number of likely N-dealkylation sites (N-methyl/N-ethyl adjacent to an activating group) is 1. The van der Waals surface area contributed by atoms with Gasteiger partial charge in [0, 0.05) is 23.2 Å². The highest BCUT2D eigenvalue weighted by Gasteiger charge is 2.22. The Morgan fingerprint density at radius 3 is 2.41 bits per heavy atom. The molecule has 0 saturated heterocycles. The SMILES string of the molecule is C=C/C=C\C(C(=O)N(C)c1cc(Cl)ccc1OC)=C(/N)Oc1cc(Cl)ccc1Cl. The number of ether oxygens (including phenoxy) is 2. The second-order valence-electron chi connectivity index (χ2n) is 5.73. The molecule has 0 fully saturated rings. The van der Waals surface area contributed by atoms with E-state index in [2.05, 4.69) is 6.58 Å². The molecule has 0 aromatic heterocycles. The number of hydrogen-bond acceptors (Lipinski definition) is 4. The first-order chi connectivity index (χ1) is 13.8. The van der Waals surface area contributed by atoms with Crippen molar-refractivity contribution in [3.8, 4) is 11.5 Å². The van der Waals surface area contributed by atoms with Crippen LogP contribution in [0.4, 0.5) is 5.69 Å². The van der Waals surface area contributed by atoms with Crippen LogP contribution in [0.15, 0.2) is 72.7 Å². The molecule has 5 nitrogen and oxygen atoms in total. The average molecular weight is 454 g/mol. The van der Waals surface area contributed by atoms with Gasteiger partial charge in [-0.2, -0.15) is 0 Å². The maximum Gasteiger partial charge on any atom is 0.263 e. The summed E-state index contributed by atoms with van der Waals surface area (Å²) in [6.07, 6.45) is 4.55. The third-order valence-corrected chi connectivity index (χ3v) is 4.60. The fraction of sp³-hybridized carbons (Fsp3) is 0.0952. The number of hydrogen-bond donors (Lipinski definition) is 1. The summed E-state index contributed by atoms with van der Waals surface area (Å²) in [5.41, 5.74) is 6.63. The second kappa shape index (κ2) is 10.3. The van der Waals surface area contributed by atoms with Gasteiger partial charge in [-0.25, -0.2) is 0 Å². The van der Waals surface area contributed by atoms with Gasteiger partial charge in [0.15, 0.2) is 0 Å². The number of halogens is 3. The summed E-state index contributed by atoms with van der Waals surface area (Å²) >= 11 is 18.2. The first kappa shape index (κ1) is 22.7. The second-order valence-corrected chi connectivity index (χ2v) is 7.01. The third kappa shape index (κ3) is 5.70. The fourth-order valence-corrected chi connectivity index (χ4v) is 2.85. The van der Waals surface area contributed by atoms with Crippen LogP contribution >= 0.6 is 34.8 Å². The van der Waals surface area contributed by atoms with Crippen molar-refractivity contribution in [3.05, 3.63) is 87.7 Å². The molecule has 0 unspecified atom stereocenters. The standard InChI is InChI=1S/C21H19Cl3N2O3/c1-4-5-6-15(20(25)29-19-12-14(23)7-9-16(19)24)21(27)26(2)17-11-13(22)8-10-18(17)28-3/h4-12H,1,25H2,2-3H3/b6-5-,20-15-. The van der Waals surface area contributed by atoms with E-state index in [1.807, 2.05) is 0 Å². The van der Waals surface area contributed by atoms with E-state index < -0.39 is 5.91 Å². The number of anilines is 1. The van der Waals surface area contributed by atoms with Crippen molar-refractivity contribution < 1.29 is 14.3 Å². The molecule has 2 aromatic rings. The molecule has 0 atom stereocenters. The molecule has 0 saturated carbocycles. The summed E-state index contributed by atoms with van der Waals surface area (Å²) < 4.78 is 10.9. The lowest BCUT2D eigenvalue weighted by atomic mass is 10.2. The quantitative estimate of drug-likeness (QED) is 0.336. The van der Waals surface area contributed by atoms with Gasteiger partial charge in [-0.1, -0.05) is 53.5 Å². The number of amides is 1. The Bertz CT molecular complexity index is 987. The summed E-state index contributed by atoms with van der Waals surface area (Å²) in [4.78, 5) is 14.5. The highest BCUT2D eigenvalue weighted by atomic mass is 35.5. The van der Waals surface area contributed by atoms with Crippen LogP contribution in [0, 0.1) is 0 Å². The van der Waals surface area contributed by atoms with E-state index in [0.29, 0.717) is 26.5 Å². The molecule has 1 amide bonds. The van der Waals surface area contributed by atoms with Crippen LogP contribution in [-0.4, -0.2) is 20.1 Å². The Kier molecular flexibility index (Phi) is 8.02. The van der Waals surface area contributed by atoms with E-state index in [1.165, 1.54) is 30.2 Å². The number of carbonyl (C=O) groups excluding carboxylic acids is 1. The molecular weight excluding hydrogens is 435 g/mol. The van der Waals surface area contributed by atoms with Crippen molar-refractivity contribution in [1.29, 1.82) is 0 Å². The summed E-state index contributed by atoms with van der Waals surface area (Å²) in [5, 5.41) is 1.15. The van der Waals surface area contributed by atoms with Crippen molar-refractivity contribution >= 4 is 46.4 Å². The minimum absolute atomic E-state index is 0.0745. The number of benzene rings is 2. The molecule has 0 spiro atoms. The van der Waals surface area contributed by atoms with E-state index in [9.17, 15) is 4.79 Å². The van der Waals surface area contributed by atoms with E-state index in [4.69, 9.17) is 50.0 Å². The maximum absolute atomic E-state index is 13.2. The normalized spacial score (nSPS) is 11.8. The average Bonchev–Trinajstić information content (AvgIpc) is 2.70. The summed E-state index contributed by atoms with van der Waals surface area (Å²) in [5.74, 6) is 0.0658. The van der Waals surface area contributed by atoms with Gasteiger partial charge in [0.05, 0.1) is 23.4 Å². The van der Waals surface area contributed by atoms with Crippen LogP contribution in [0.3, 0.4) is 0 Å². The maximum atomic E-state index is 13.2. The third-order valence-electron chi connectivity index (χ3n) is 3.81. The van der Waals surface area contributed by atoms with E-state index in [-0.39, 0.29) is 17.2 Å². The molecule has 2 N–H and O–H groups in total. The molecule has 2 rings (SSSR count). The molecule has 0 bridgehead atoms. The molecule has 0 aliphatic rings. The first-order valence-corrected chi connectivity index (χ1v) is 9.45. The number of nitrogens with zero attached hydrogens (tertiary/aromatic N) is 1. The van der Waals surface area contributed by atoms with Crippen LogP contribution in [0.25, 0.3) is 0 Å². The van der Waals surface area contributed by atoms with Gasteiger partial charge in [0.2, 0.25) is 5.88 Å². The van der Waals surface area contributed by atoms with Crippen molar-refractivity contribution in [2.75, 3.05) is 19.1 Å². The van der Waals surface area contributed by atoms with Gasteiger partial charge in [-0.3, -0.25) is 4.79 Å². The Hall–Kier alpha value is -2.60. The number of nitrogens with two attached hydrogens (primary N) is 1. The highest BCUT2D eigenvalue weighted by Crippen LogP contribution is 2.32.